The van der Waals surface area contributed by atoms with Crippen molar-refractivity contribution >= 4 is 11.8 Å². The molecule has 546 valence electrons. The second kappa shape index (κ2) is 33.3. The van der Waals surface area contributed by atoms with Crippen LogP contribution in [0.3, 0.4) is 0 Å². The molecule has 8 fully saturated rings. The molecule has 8 rings (SSSR count). The Morgan fingerprint density at radius 1 is 0.298 bits per heavy atom. The van der Waals surface area contributed by atoms with E-state index in [1.807, 2.05) is 0 Å². The molecule has 0 bridgehead atoms. The molecule has 8 saturated heterocycles. The molecule has 42 heteroatoms. The molecule has 0 aliphatic carbocycles. The van der Waals surface area contributed by atoms with E-state index in [1.165, 1.54) is 6.92 Å². The molecule has 0 aromatic heterocycles. The molecule has 0 radical (unpaired) electrons. The smallest absolute Gasteiger partial charge is 0.217 e. The molecular weight excluding hydrogens is 1290 g/mol. The van der Waals surface area contributed by atoms with E-state index in [9.17, 15) is 127 Å². The van der Waals surface area contributed by atoms with Gasteiger partial charge in [0, 0.05) is 13.8 Å². The molecule has 8 aliphatic heterocycles. The van der Waals surface area contributed by atoms with Crippen molar-refractivity contribution in [3.05, 3.63) is 0 Å². The lowest BCUT2D eigenvalue weighted by atomic mass is 9.93. The lowest BCUT2D eigenvalue weighted by Crippen LogP contribution is -2.71. The van der Waals surface area contributed by atoms with Gasteiger partial charge in [0.25, 0.3) is 0 Å². The number of hydrogen-bond donors (Lipinski definition) is 25. The van der Waals surface area contributed by atoms with Gasteiger partial charge in [0.2, 0.25) is 11.8 Å². The number of aliphatic hydroxyl groups excluding tert-OH is 23. The zero-order valence-electron chi connectivity index (χ0n) is 50.3. The van der Waals surface area contributed by atoms with Crippen LogP contribution in [-0.4, -0.2) is 421 Å². The summed E-state index contributed by atoms with van der Waals surface area (Å²) in [5, 5.41) is 254. The summed E-state index contributed by atoms with van der Waals surface area (Å²) < 4.78 is 87.8. The van der Waals surface area contributed by atoms with Crippen LogP contribution in [0.4, 0.5) is 0 Å². The summed E-state index contributed by atoms with van der Waals surface area (Å²) >= 11 is 0. The average Bonchev–Trinajstić information content (AvgIpc) is 0.777. The van der Waals surface area contributed by atoms with E-state index in [4.69, 9.17) is 71.1 Å². The van der Waals surface area contributed by atoms with E-state index in [-0.39, 0.29) is 0 Å². The monoisotopic (exact) mass is 1380 g/mol. The van der Waals surface area contributed by atoms with E-state index >= 15 is 0 Å². The van der Waals surface area contributed by atoms with Gasteiger partial charge in [-0.1, -0.05) is 0 Å². The fourth-order valence-electron chi connectivity index (χ4n) is 12.1. The van der Waals surface area contributed by atoms with Crippen LogP contribution < -0.4 is 10.6 Å². The fraction of sp³-hybridized carbons (Fsp3) is 0.962. The Morgan fingerprint density at radius 3 is 1.12 bits per heavy atom. The van der Waals surface area contributed by atoms with Crippen molar-refractivity contribution < 1.29 is 198 Å². The fourth-order valence-corrected chi connectivity index (χ4v) is 12.1. The van der Waals surface area contributed by atoms with Gasteiger partial charge in [0.15, 0.2) is 50.3 Å². The third-order valence-corrected chi connectivity index (χ3v) is 17.4. The van der Waals surface area contributed by atoms with Gasteiger partial charge in [-0.2, -0.15) is 0 Å². The van der Waals surface area contributed by atoms with Gasteiger partial charge in [0.1, 0.15) is 189 Å². The lowest BCUT2D eigenvalue weighted by Gasteiger charge is -2.51. The molecule has 40 atom stereocenters. The molecule has 0 aromatic rings. The Labute approximate surface area is 532 Å². The van der Waals surface area contributed by atoms with Crippen LogP contribution in [-0.2, 0) is 80.6 Å². The van der Waals surface area contributed by atoms with Crippen LogP contribution in [0.5, 0.6) is 0 Å². The van der Waals surface area contributed by atoms with Gasteiger partial charge >= 0.3 is 0 Å². The van der Waals surface area contributed by atoms with Crippen molar-refractivity contribution in [2.75, 3.05) is 46.2 Å². The van der Waals surface area contributed by atoms with Crippen LogP contribution in [0.25, 0.3) is 0 Å². The first-order chi connectivity index (χ1) is 44.4. The quantitative estimate of drug-likeness (QED) is 0.0452. The Hall–Kier alpha value is -2.58. The summed E-state index contributed by atoms with van der Waals surface area (Å²) in [6.45, 7) is -4.12. The summed E-state index contributed by atoms with van der Waals surface area (Å²) in [5.41, 5.74) is 0. The minimum Gasteiger partial charge on any atom is -0.394 e. The highest BCUT2D eigenvalue weighted by Gasteiger charge is 2.60. The van der Waals surface area contributed by atoms with E-state index in [1.54, 1.807) is 0 Å². The Morgan fingerprint density at radius 2 is 0.628 bits per heavy atom. The van der Waals surface area contributed by atoms with Crippen LogP contribution in [0.15, 0.2) is 0 Å². The minimum atomic E-state index is -2.38. The van der Waals surface area contributed by atoms with E-state index < -0.39 is 304 Å². The van der Waals surface area contributed by atoms with Crippen molar-refractivity contribution in [2.45, 2.75) is 266 Å². The predicted octanol–water partition coefficient (Wildman–Crippen LogP) is -17.1. The van der Waals surface area contributed by atoms with Crippen molar-refractivity contribution in [1.29, 1.82) is 0 Å². The number of rotatable bonds is 23. The molecule has 8 aliphatic rings. The Balaban J connectivity index is 1.11. The Bertz CT molecular complexity index is 2360. The highest BCUT2D eigenvalue weighted by molar-refractivity contribution is 5.73. The second-order valence-corrected chi connectivity index (χ2v) is 23.9. The normalized spacial score (nSPS) is 51.2. The molecule has 1 unspecified atom stereocenters. The standard InChI is InChI=1S/C52H88N2O40/c1-11-23(63)28(68)34(74)48(81-11)93-43-22(54-13(3)62)46(86-19(9-60)41(43)91-49-35(75)29(69)24(64)14(4-55)83-49)80-10-20-27(67)42(92-50-36(76)30(70)25(65)15(5-56)84-50)21(53-12(2)61)47(88-20)94-44-26(66)16(6-57)85-52(38(44)78)90-40-18(8-59)87-51(37(77)32(40)72)89-39-17(7-58)82-45(79)33(73)31(39)71/h11,14-52,55-60,63-79H,4-10H2,1-3H3,(H,53,61)(H,54,62)/t11-,14+,15+,16+,17+,18+,19+,20+,21+,22+,23+,24-,25-,26-,27-,28+,29-,30-,31+,32+,33+,34-,35+,36+,37+,38+,39+,40-,41+,42+,43+,44-,45?,46+,47-,48-,49-,50-,51-,52+/m0/s1. The first kappa shape index (κ1) is 77.2. The highest BCUT2D eigenvalue weighted by atomic mass is 16.8. The van der Waals surface area contributed by atoms with Crippen molar-refractivity contribution in [3.8, 4) is 0 Å². The number of carbonyl (C=O) groups is 2. The predicted molar refractivity (Wildman–Crippen MR) is 286 cm³/mol. The lowest BCUT2D eigenvalue weighted by molar-refractivity contribution is -0.390. The molecule has 42 nitrogen and oxygen atoms in total. The molecule has 25 N–H and O–H groups in total. The first-order valence-electron chi connectivity index (χ1n) is 30.0. The SMILES string of the molecule is CC(=O)N[C@H]1[C@H](OC[C@H]2O[C@@H](O[C@H]3[C@@H](O)[C@@H](CO)O[C@H](O[C@@H]4[C@H](O)[C@@H](O)[C@H](O[C@H]5[C@H](O)[C@@H](O)C(O)O[C@@H]5CO)O[C@@H]4CO)[C@@H]3O)[C@H](NC(C)=O)[C@@H](O[C@@H]3O[C@H](CO)[C@H](O)[C@H](O)[C@H]3O)[C@H]2O)O[C@H](CO)[C@@H](O[C@@H]2O[C@H](CO)[C@H](O)[C@H](O)[C@H]2O)[C@@H]1O[C@@H]1O[C@@H](C)[C@@H](O)[C@@H](O)[C@@H]1O. The third-order valence-electron chi connectivity index (χ3n) is 17.4. The van der Waals surface area contributed by atoms with Crippen molar-refractivity contribution in [3.63, 3.8) is 0 Å². The minimum absolute atomic E-state index is 0.914. The van der Waals surface area contributed by atoms with E-state index in [0.29, 0.717) is 0 Å². The maximum absolute atomic E-state index is 13.2. The third kappa shape index (κ3) is 16.4. The number of ether oxygens (including phenoxy) is 15. The first-order valence-corrected chi connectivity index (χ1v) is 30.0. The van der Waals surface area contributed by atoms with Crippen molar-refractivity contribution in [1.82, 2.24) is 10.6 Å². The zero-order chi connectivity index (χ0) is 69.2. The molecule has 0 saturated carbocycles. The highest BCUT2D eigenvalue weighted by Crippen LogP contribution is 2.39. The van der Waals surface area contributed by atoms with Gasteiger partial charge < -0.3 is 199 Å². The van der Waals surface area contributed by atoms with Gasteiger partial charge in [-0.15, -0.1) is 0 Å². The molecular formula is C52H88N2O40. The Kier molecular flexibility index (Phi) is 27.3. The summed E-state index contributed by atoms with van der Waals surface area (Å²) in [6, 6.07) is -3.81. The van der Waals surface area contributed by atoms with E-state index in [0.717, 1.165) is 13.8 Å². The average molecular weight is 1380 g/mol. The van der Waals surface area contributed by atoms with Gasteiger partial charge in [-0.3, -0.25) is 9.59 Å². The van der Waals surface area contributed by atoms with Crippen LogP contribution in [0.1, 0.15) is 20.8 Å². The molecule has 8 heterocycles. The number of hydrogen-bond acceptors (Lipinski definition) is 40. The topological polar surface area (TPSA) is 662 Å². The summed E-state index contributed by atoms with van der Waals surface area (Å²) in [7, 11) is 0. The number of amides is 2. The summed E-state index contributed by atoms with van der Waals surface area (Å²) in [4.78, 5) is 26.4. The molecule has 94 heavy (non-hydrogen) atoms. The second-order valence-electron chi connectivity index (χ2n) is 23.9. The van der Waals surface area contributed by atoms with E-state index in [2.05, 4.69) is 10.6 Å². The summed E-state index contributed by atoms with van der Waals surface area (Å²) in [6.07, 6.45) is -75.6. The van der Waals surface area contributed by atoms with Crippen LogP contribution >= 0.6 is 0 Å². The van der Waals surface area contributed by atoms with Gasteiger partial charge in [-0.05, 0) is 6.92 Å². The van der Waals surface area contributed by atoms with Gasteiger partial charge in [-0.25, -0.2) is 0 Å². The molecule has 2 amide bonds. The number of nitrogens with one attached hydrogen (secondary N) is 2. The van der Waals surface area contributed by atoms with Gasteiger partial charge in [0.05, 0.1) is 52.4 Å². The molecule has 0 spiro atoms. The number of aliphatic hydroxyl groups is 23. The molecule has 0 aromatic carbocycles. The number of carbonyl (C=O) groups excluding carboxylic acids is 2. The van der Waals surface area contributed by atoms with Crippen molar-refractivity contribution in [2.24, 2.45) is 0 Å². The maximum atomic E-state index is 13.2. The summed E-state index contributed by atoms with van der Waals surface area (Å²) in [5.74, 6) is -1.89. The zero-order valence-corrected chi connectivity index (χ0v) is 50.3. The van der Waals surface area contributed by atoms with Crippen LogP contribution in [0.2, 0.25) is 0 Å². The van der Waals surface area contributed by atoms with Crippen LogP contribution in [0, 0.1) is 0 Å². The maximum Gasteiger partial charge on any atom is 0.217 e. The largest absolute Gasteiger partial charge is 0.394 e.